The number of carbonyl (C=O) groups is 1. The summed E-state index contributed by atoms with van der Waals surface area (Å²) in [4.78, 5) is 11.2. The standard InChI is InChI=1S/C10H12BrNO/c1-8-3-2-4-9(7-8)12-10(13)5-6-11/h2-4,7H,5-6H2,1H3,(H,12,13). The monoisotopic (exact) mass is 241 g/mol. The Kier molecular flexibility index (Phi) is 3.96. The maximum atomic E-state index is 11.2. The molecule has 0 saturated carbocycles. The third kappa shape index (κ3) is 3.59. The highest BCUT2D eigenvalue weighted by molar-refractivity contribution is 9.09. The molecule has 0 aliphatic heterocycles. The number of hydrogen-bond acceptors (Lipinski definition) is 1. The average Bonchev–Trinajstić information content (AvgIpc) is 2.04. The van der Waals surface area contributed by atoms with Gasteiger partial charge in [-0.3, -0.25) is 4.79 Å². The van der Waals surface area contributed by atoms with Crippen LogP contribution >= 0.6 is 15.9 Å². The number of halogens is 1. The molecule has 0 unspecified atom stereocenters. The van der Waals surface area contributed by atoms with Crippen molar-refractivity contribution in [2.24, 2.45) is 0 Å². The molecule has 1 aromatic carbocycles. The molecule has 0 aliphatic rings. The van der Waals surface area contributed by atoms with Gasteiger partial charge in [0.1, 0.15) is 0 Å². The highest BCUT2D eigenvalue weighted by atomic mass is 79.9. The molecular formula is C10H12BrNO. The van der Waals surface area contributed by atoms with E-state index in [4.69, 9.17) is 0 Å². The highest BCUT2D eigenvalue weighted by Crippen LogP contribution is 2.09. The molecule has 0 heterocycles. The van der Waals surface area contributed by atoms with Crippen molar-refractivity contribution in [3.63, 3.8) is 0 Å². The Morgan fingerprint density at radius 2 is 2.31 bits per heavy atom. The quantitative estimate of drug-likeness (QED) is 0.811. The molecule has 0 atom stereocenters. The van der Waals surface area contributed by atoms with E-state index in [1.54, 1.807) is 0 Å². The minimum absolute atomic E-state index is 0.0440. The lowest BCUT2D eigenvalue weighted by Crippen LogP contribution is -2.11. The molecule has 0 aliphatic carbocycles. The summed E-state index contributed by atoms with van der Waals surface area (Å²) in [6.45, 7) is 2.00. The summed E-state index contributed by atoms with van der Waals surface area (Å²) in [7, 11) is 0. The van der Waals surface area contributed by atoms with Crippen LogP contribution in [0, 0.1) is 6.92 Å². The lowest BCUT2D eigenvalue weighted by atomic mass is 10.2. The van der Waals surface area contributed by atoms with Gasteiger partial charge in [0.25, 0.3) is 0 Å². The Hall–Kier alpha value is -0.830. The van der Waals surface area contributed by atoms with Crippen LogP contribution in [0.5, 0.6) is 0 Å². The van der Waals surface area contributed by atoms with Gasteiger partial charge >= 0.3 is 0 Å². The molecule has 1 rings (SSSR count). The Morgan fingerprint density at radius 3 is 2.92 bits per heavy atom. The minimum atomic E-state index is 0.0440. The molecule has 3 heteroatoms. The number of aryl methyl sites for hydroxylation is 1. The van der Waals surface area contributed by atoms with Crippen molar-refractivity contribution in [2.75, 3.05) is 10.6 Å². The first-order valence-electron chi connectivity index (χ1n) is 4.15. The van der Waals surface area contributed by atoms with E-state index >= 15 is 0 Å². The third-order valence-electron chi connectivity index (χ3n) is 1.62. The number of anilines is 1. The van der Waals surface area contributed by atoms with Crippen molar-refractivity contribution >= 4 is 27.5 Å². The summed E-state index contributed by atoms with van der Waals surface area (Å²) >= 11 is 3.22. The van der Waals surface area contributed by atoms with Gasteiger partial charge in [0.15, 0.2) is 0 Å². The molecule has 0 radical (unpaired) electrons. The van der Waals surface area contributed by atoms with Crippen LogP contribution in [0.15, 0.2) is 24.3 Å². The molecule has 0 aromatic heterocycles. The van der Waals surface area contributed by atoms with E-state index in [1.807, 2.05) is 31.2 Å². The first-order valence-corrected chi connectivity index (χ1v) is 5.27. The second kappa shape index (κ2) is 5.02. The predicted molar refractivity (Wildman–Crippen MR) is 58.2 cm³/mol. The Balaban J connectivity index is 2.58. The van der Waals surface area contributed by atoms with Crippen molar-refractivity contribution in [1.29, 1.82) is 0 Å². The lowest BCUT2D eigenvalue weighted by Gasteiger charge is -2.03. The molecule has 1 aromatic rings. The Bertz CT molecular complexity index is 299. The van der Waals surface area contributed by atoms with Gasteiger partial charge in [0.2, 0.25) is 5.91 Å². The number of rotatable bonds is 3. The maximum Gasteiger partial charge on any atom is 0.225 e. The number of nitrogens with one attached hydrogen (secondary N) is 1. The average molecular weight is 242 g/mol. The molecule has 0 saturated heterocycles. The van der Waals surface area contributed by atoms with Gasteiger partial charge in [-0.2, -0.15) is 0 Å². The van der Waals surface area contributed by atoms with Gasteiger partial charge in [-0.25, -0.2) is 0 Å². The summed E-state index contributed by atoms with van der Waals surface area (Å²) in [5, 5.41) is 3.51. The zero-order chi connectivity index (χ0) is 9.68. The van der Waals surface area contributed by atoms with Crippen LogP contribution in [0.3, 0.4) is 0 Å². The number of carbonyl (C=O) groups excluding carboxylic acids is 1. The minimum Gasteiger partial charge on any atom is -0.326 e. The van der Waals surface area contributed by atoms with Crippen molar-refractivity contribution in [1.82, 2.24) is 0 Å². The van der Waals surface area contributed by atoms with E-state index < -0.39 is 0 Å². The number of benzene rings is 1. The highest BCUT2D eigenvalue weighted by Gasteiger charge is 1.99. The SMILES string of the molecule is Cc1cccc(NC(=O)CCBr)c1. The van der Waals surface area contributed by atoms with Crippen LogP contribution in [-0.2, 0) is 4.79 Å². The second-order valence-electron chi connectivity index (χ2n) is 2.86. The van der Waals surface area contributed by atoms with Gasteiger partial charge in [-0.05, 0) is 24.6 Å². The van der Waals surface area contributed by atoms with Crippen LogP contribution in [0.25, 0.3) is 0 Å². The van der Waals surface area contributed by atoms with Gasteiger partial charge in [-0.15, -0.1) is 0 Å². The van der Waals surface area contributed by atoms with Crippen molar-refractivity contribution < 1.29 is 4.79 Å². The van der Waals surface area contributed by atoms with Crippen LogP contribution in [0.2, 0.25) is 0 Å². The van der Waals surface area contributed by atoms with E-state index in [0.717, 1.165) is 11.3 Å². The fourth-order valence-corrected chi connectivity index (χ4v) is 1.39. The van der Waals surface area contributed by atoms with Crippen molar-refractivity contribution in [3.8, 4) is 0 Å². The van der Waals surface area contributed by atoms with Crippen LogP contribution < -0.4 is 5.32 Å². The molecule has 0 fully saturated rings. The smallest absolute Gasteiger partial charge is 0.225 e. The van der Waals surface area contributed by atoms with Crippen LogP contribution in [0.1, 0.15) is 12.0 Å². The van der Waals surface area contributed by atoms with Gasteiger partial charge < -0.3 is 5.32 Å². The van der Waals surface area contributed by atoms with Gasteiger partial charge in [0, 0.05) is 17.4 Å². The summed E-state index contributed by atoms with van der Waals surface area (Å²) in [5.41, 5.74) is 2.02. The molecule has 1 amide bonds. The predicted octanol–water partition coefficient (Wildman–Crippen LogP) is 2.72. The summed E-state index contributed by atoms with van der Waals surface area (Å²) in [6, 6.07) is 7.77. The number of hydrogen-bond donors (Lipinski definition) is 1. The third-order valence-corrected chi connectivity index (χ3v) is 2.02. The van der Waals surface area contributed by atoms with E-state index in [-0.39, 0.29) is 5.91 Å². The number of amides is 1. The Labute approximate surface area is 86.5 Å². The molecule has 2 nitrogen and oxygen atoms in total. The first kappa shape index (κ1) is 10.3. The van der Waals surface area contributed by atoms with Gasteiger partial charge in [-0.1, -0.05) is 28.1 Å². The van der Waals surface area contributed by atoms with E-state index in [0.29, 0.717) is 11.8 Å². The summed E-state index contributed by atoms with van der Waals surface area (Å²) < 4.78 is 0. The van der Waals surface area contributed by atoms with E-state index in [2.05, 4.69) is 21.2 Å². The van der Waals surface area contributed by atoms with Gasteiger partial charge in [0.05, 0.1) is 0 Å². The maximum absolute atomic E-state index is 11.2. The first-order chi connectivity index (χ1) is 6.22. The molecule has 13 heavy (non-hydrogen) atoms. The molecule has 0 spiro atoms. The normalized spacial score (nSPS) is 9.69. The zero-order valence-corrected chi connectivity index (χ0v) is 9.10. The largest absolute Gasteiger partial charge is 0.326 e. The van der Waals surface area contributed by atoms with E-state index in [1.165, 1.54) is 0 Å². The topological polar surface area (TPSA) is 29.1 Å². The Morgan fingerprint density at radius 1 is 1.54 bits per heavy atom. The molecule has 70 valence electrons. The second-order valence-corrected chi connectivity index (χ2v) is 3.65. The van der Waals surface area contributed by atoms with Crippen LogP contribution in [0.4, 0.5) is 5.69 Å². The lowest BCUT2D eigenvalue weighted by molar-refractivity contribution is -0.115. The summed E-state index contributed by atoms with van der Waals surface area (Å²) in [6.07, 6.45) is 0.508. The molecular weight excluding hydrogens is 230 g/mol. The van der Waals surface area contributed by atoms with Crippen LogP contribution in [-0.4, -0.2) is 11.2 Å². The molecule has 0 bridgehead atoms. The van der Waals surface area contributed by atoms with Crippen molar-refractivity contribution in [2.45, 2.75) is 13.3 Å². The fourth-order valence-electron chi connectivity index (χ4n) is 1.03. The summed E-state index contributed by atoms with van der Waals surface area (Å²) in [5.74, 6) is 0.0440. The molecule has 1 N–H and O–H groups in total. The zero-order valence-electron chi connectivity index (χ0n) is 7.51. The van der Waals surface area contributed by atoms with E-state index in [9.17, 15) is 4.79 Å². The fraction of sp³-hybridized carbons (Fsp3) is 0.300. The number of alkyl halides is 1. The van der Waals surface area contributed by atoms with Crippen molar-refractivity contribution in [3.05, 3.63) is 29.8 Å².